The Balaban J connectivity index is 1.26. The van der Waals surface area contributed by atoms with E-state index in [2.05, 4.69) is 14.9 Å². The number of piperidine rings is 1. The summed E-state index contributed by atoms with van der Waals surface area (Å²) in [4.78, 5) is 32.1. The first kappa shape index (κ1) is 20.2. The van der Waals surface area contributed by atoms with Gasteiger partial charge in [0.25, 0.3) is 5.91 Å². The van der Waals surface area contributed by atoms with Crippen molar-refractivity contribution in [3.63, 3.8) is 0 Å². The van der Waals surface area contributed by atoms with Crippen LogP contribution >= 0.6 is 11.3 Å². The highest BCUT2D eigenvalue weighted by atomic mass is 32.1. The molecule has 166 valence electrons. The molecule has 2 fully saturated rings. The Morgan fingerprint density at radius 3 is 2.70 bits per heavy atom. The number of amides is 1. The zero-order chi connectivity index (χ0) is 22.5. The van der Waals surface area contributed by atoms with Crippen molar-refractivity contribution >= 4 is 34.1 Å². The van der Waals surface area contributed by atoms with Crippen LogP contribution in [-0.4, -0.2) is 51.4 Å². The maximum atomic E-state index is 14.5. The second-order valence-corrected chi connectivity index (χ2v) is 9.83. The number of nitrogens with zero attached hydrogens (tertiary/aromatic N) is 5. The first-order valence-electron chi connectivity index (χ1n) is 11.1. The van der Waals surface area contributed by atoms with Crippen LogP contribution in [-0.2, 0) is 0 Å². The maximum absolute atomic E-state index is 14.5. The highest BCUT2D eigenvalue weighted by Gasteiger charge is 2.46. The molecular formula is C25H22FN5OS. The highest BCUT2D eigenvalue weighted by molar-refractivity contribution is 7.15. The highest BCUT2D eigenvalue weighted by Crippen LogP contribution is 2.38. The molecular weight excluding hydrogens is 437 g/mol. The van der Waals surface area contributed by atoms with Crippen LogP contribution in [0.25, 0.3) is 21.5 Å². The Morgan fingerprint density at radius 1 is 1.06 bits per heavy atom. The Labute approximate surface area is 194 Å². The molecule has 0 spiro atoms. The van der Waals surface area contributed by atoms with Crippen LogP contribution in [0.2, 0.25) is 0 Å². The predicted molar refractivity (Wildman–Crippen MR) is 127 cm³/mol. The minimum absolute atomic E-state index is 0.0926. The third kappa shape index (κ3) is 3.45. The number of thiazole rings is 1. The van der Waals surface area contributed by atoms with Gasteiger partial charge in [-0.25, -0.2) is 14.4 Å². The van der Waals surface area contributed by atoms with E-state index in [-0.39, 0.29) is 17.8 Å². The molecule has 2 saturated heterocycles. The molecule has 2 aliphatic rings. The van der Waals surface area contributed by atoms with Gasteiger partial charge in [-0.05, 0) is 31.5 Å². The van der Waals surface area contributed by atoms with E-state index in [9.17, 15) is 9.18 Å². The van der Waals surface area contributed by atoms with Gasteiger partial charge < -0.3 is 9.80 Å². The number of hydrogen-bond donors (Lipinski definition) is 0. The molecule has 0 saturated carbocycles. The van der Waals surface area contributed by atoms with Gasteiger partial charge in [-0.3, -0.25) is 9.78 Å². The molecule has 4 aromatic rings. The van der Waals surface area contributed by atoms with Gasteiger partial charge in [0.1, 0.15) is 17.3 Å². The zero-order valence-electron chi connectivity index (χ0n) is 18.1. The number of fused-ring (bicyclic) bond motifs is 2. The molecule has 6 nitrogen and oxygen atoms in total. The number of para-hydroxylation sites is 2. The summed E-state index contributed by atoms with van der Waals surface area (Å²) in [5.74, 6) is 0.846. The molecule has 2 aromatic heterocycles. The summed E-state index contributed by atoms with van der Waals surface area (Å²) in [6.45, 7) is 4.17. The Bertz CT molecular complexity index is 1370. The summed E-state index contributed by atoms with van der Waals surface area (Å²) < 4.78 is 14.5. The molecule has 6 rings (SSSR count). The SMILES string of the molecule is Cc1nc(C(=O)N2CC3CCN(c4cnc5ccccc5n4)CC32)c(-c2ccccc2F)s1. The number of anilines is 1. The van der Waals surface area contributed by atoms with Gasteiger partial charge in [-0.2, -0.15) is 0 Å². The monoisotopic (exact) mass is 459 g/mol. The largest absolute Gasteiger partial charge is 0.353 e. The summed E-state index contributed by atoms with van der Waals surface area (Å²) >= 11 is 1.36. The van der Waals surface area contributed by atoms with Crippen molar-refractivity contribution in [2.24, 2.45) is 5.92 Å². The third-order valence-electron chi connectivity index (χ3n) is 6.63. The normalized spacial score (nSPS) is 19.9. The standard InChI is InChI=1S/C25H22FN5OS/c1-15-28-23(24(33-15)17-6-2-3-7-18(17)26)25(32)31-13-16-10-11-30(14-21(16)31)22-12-27-19-8-4-5-9-20(19)29-22/h2-9,12,16,21H,10-11,13-14H2,1H3. The van der Waals surface area contributed by atoms with E-state index in [1.165, 1.54) is 17.4 Å². The second kappa shape index (κ2) is 7.88. The van der Waals surface area contributed by atoms with Crippen molar-refractivity contribution in [3.8, 4) is 10.4 Å². The van der Waals surface area contributed by atoms with E-state index in [1.807, 2.05) is 42.3 Å². The zero-order valence-corrected chi connectivity index (χ0v) is 18.9. The summed E-state index contributed by atoms with van der Waals surface area (Å²) in [6, 6.07) is 14.5. The van der Waals surface area contributed by atoms with Crippen LogP contribution in [0.5, 0.6) is 0 Å². The molecule has 33 heavy (non-hydrogen) atoms. The summed E-state index contributed by atoms with van der Waals surface area (Å²) in [6.07, 6.45) is 2.81. The van der Waals surface area contributed by atoms with Gasteiger partial charge >= 0.3 is 0 Å². The summed E-state index contributed by atoms with van der Waals surface area (Å²) in [7, 11) is 0. The number of rotatable bonds is 3. The average molecular weight is 460 g/mol. The van der Waals surface area contributed by atoms with Crippen LogP contribution in [0.4, 0.5) is 10.2 Å². The number of aromatic nitrogens is 3. The van der Waals surface area contributed by atoms with Gasteiger partial charge in [0.2, 0.25) is 0 Å². The van der Waals surface area contributed by atoms with Crippen molar-refractivity contribution in [2.75, 3.05) is 24.5 Å². The maximum Gasteiger partial charge on any atom is 0.274 e. The van der Waals surface area contributed by atoms with E-state index in [0.29, 0.717) is 35.1 Å². The fourth-order valence-electron chi connectivity index (χ4n) is 4.87. The fraction of sp³-hybridized carbons (Fsp3) is 0.280. The van der Waals surface area contributed by atoms with Crippen LogP contribution < -0.4 is 4.90 Å². The van der Waals surface area contributed by atoms with E-state index in [0.717, 1.165) is 34.8 Å². The van der Waals surface area contributed by atoms with E-state index >= 15 is 0 Å². The number of aryl methyl sites for hydroxylation is 1. The van der Waals surface area contributed by atoms with Crippen molar-refractivity contribution in [1.29, 1.82) is 0 Å². The van der Waals surface area contributed by atoms with Crippen LogP contribution in [0.3, 0.4) is 0 Å². The smallest absolute Gasteiger partial charge is 0.274 e. The van der Waals surface area contributed by atoms with E-state index in [1.54, 1.807) is 18.2 Å². The molecule has 4 heterocycles. The van der Waals surface area contributed by atoms with Gasteiger partial charge in [0.05, 0.1) is 33.2 Å². The number of likely N-dealkylation sites (tertiary alicyclic amines) is 1. The van der Waals surface area contributed by atoms with Crippen molar-refractivity contribution < 1.29 is 9.18 Å². The number of halogens is 1. The molecule has 2 aromatic carbocycles. The fourth-order valence-corrected chi connectivity index (χ4v) is 5.81. The molecule has 8 heteroatoms. The van der Waals surface area contributed by atoms with Gasteiger partial charge in [0.15, 0.2) is 0 Å². The minimum Gasteiger partial charge on any atom is -0.353 e. The van der Waals surface area contributed by atoms with Crippen LogP contribution in [0.15, 0.2) is 54.7 Å². The first-order chi connectivity index (χ1) is 16.1. The van der Waals surface area contributed by atoms with Gasteiger partial charge in [0, 0.05) is 31.1 Å². The molecule has 1 amide bonds. The molecule has 0 aliphatic carbocycles. The number of hydrogen-bond acceptors (Lipinski definition) is 6. The number of benzene rings is 2. The second-order valence-electron chi connectivity index (χ2n) is 8.63. The molecule has 2 unspecified atom stereocenters. The van der Waals surface area contributed by atoms with Crippen LogP contribution in [0.1, 0.15) is 21.9 Å². The topological polar surface area (TPSA) is 62.2 Å². The lowest BCUT2D eigenvalue weighted by molar-refractivity contribution is 0.00743. The number of carbonyl (C=O) groups excluding carboxylic acids is 1. The molecule has 2 atom stereocenters. The Kier molecular flexibility index (Phi) is 4.83. The minimum atomic E-state index is -0.338. The summed E-state index contributed by atoms with van der Waals surface area (Å²) in [5.41, 5.74) is 2.52. The van der Waals surface area contributed by atoms with Gasteiger partial charge in [-0.1, -0.05) is 30.3 Å². The lowest BCUT2D eigenvalue weighted by atomic mass is 9.82. The van der Waals surface area contributed by atoms with E-state index in [4.69, 9.17) is 4.98 Å². The Hall–Kier alpha value is -3.39. The van der Waals surface area contributed by atoms with E-state index < -0.39 is 0 Å². The van der Waals surface area contributed by atoms with Gasteiger partial charge in [-0.15, -0.1) is 11.3 Å². The van der Waals surface area contributed by atoms with Crippen LogP contribution in [0, 0.1) is 18.7 Å². The quantitative estimate of drug-likeness (QED) is 0.450. The Morgan fingerprint density at radius 2 is 1.85 bits per heavy atom. The first-order valence-corrected chi connectivity index (χ1v) is 11.9. The molecule has 0 N–H and O–H groups in total. The average Bonchev–Trinajstić information content (AvgIpc) is 3.21. The third-order valence-corrected chi connectivity index (χ3v) is 7.63. The predicted octanol–water partition coefficient (Wildman–Crippen LogP) is 4.55. The molecule has 0 bridgehead atoms. The molecule has 0 radical (unpaired) electrons. The summed E-state index contributed by atoms with van der Waals surface area (Å²) in [5, 5.41) is 0.755. The lowest BCUT2D eigenvalue weighted by Gasteiger charge is -2.53. The molecule has 2 aliphatic heterocycles. The van der Waals surface area contributed by atoms with Crippen molar-refractivity contribution in [1.82, 2.24) is 19.9 Å². The number of carbonyl (C=O) groups is 1. The van der Waals surface area contributed by atoms with Crippen molar-refractivity contribution in [2.45, 2.75) is 19.4 Å². The lowest BCUT2D eigenvalue weighted by Crippen LogP contribution is -2.66. The van der Waals surface area contributed by atoms with Crippen molar-refractivity contribution in [3.05, 3.63) is 71.2 Å².